The van der Waals surface area contributed by atoms with Crippen molar-refractivity contribution in [2.75, 3.05) is 33.4 Å². The maximum Gasteiger partial charge on any atom is 0.151 e. The largest absolute Gasteiger partial charge is 0.383 e. The van der Waals surface area contributed by atoms with Crippen LogP contribution in [-0.4, -0.2) is 54.1 Å². The average molecular weight is 378 g/mol. The summed E-state index contributed by atoms with van der Waals surface area (Å²) in [5, 5.41) is 8.09. The van der Waals surface area contributed by atoms with E-state index in [-0.39, 0.29) is 5.69 Å². The number of halogens is 2. The van der Waals surface area contributed by atoms with Crippen molar-refractivity contribution in [2.24, 2.45) is 0 Å². The van der Waals surface area contributed by atoms with E-state index in [1.54, 1.807) is 11.8 Å². The molecular formula is C20H28F2N4O. The number of hydrogen-bond donors (Lipinski definition) is 1. The Morgan fingerprint density at radius 2 is 1.96 bits per heavy atom. The summed E-state index contributed by atoms with van der Waals surface area (Å²) in [6.45, 7) is 8.44. The minimum Gasteiger partial charge on any atom is -0.383 e. The summed E-state index contributed by atoms with van der Waals surface area (Å²) in [7, 11) is 1.73. The van der Waals surface area contributed by atoms with Crippen LogP contribution in [0.2, 0.25) is 0 Å². The molecule has 0 atom stereocenters. The lowest BCUT2D eigenvalue weighted by Gasteiger charge is -2.32. The van der Waals surface area contributed by atoms with Gasteiger partial charge in [0.05, 0.1) is 12.3 Å². The van der Waals surface area contributed by atoms with E-state index < -0.39 is 11.6 Å². The Hall–Kier alpha value is -1.83. The van der Waals surface area contributed by atoms with Crippen LogP contribution in [0.15, 0.2) is 18.2 Å². The number of aromatic nitrogens is 2. The second kappa shape index (κ2) is 8.91. The molecule has 0 saturated carbocycles. The van der Waals surface area contributed by atoms with Gasteiger partial charge in [-0.15, -0.1) is 0 Å². The van der Waals surface area contributed by atoms with Crippen molar-refractivity contribution in [2.45, 2.75) is 39.3 Å². The van der Waals surface area contributed by atoms with Gasteiger partial charge < -0.3 is 15.0 Å². The number of aryl methyl sites for hydroxylation is 1. The highest BCUT2D eigenvalue weighted by Crippen LogP contribution is 2.21. The molecule has 1 aliphatic rings. The Kier molecular flexibility index (Phi) is 6.57. The van der Waals surface area contributed by atoms with Gasteiger partial charge in [-0.1, -0.05) is 0 Å². The number of nitrogens with zero attached hydrogens (tertiary/aromatic N) is 3. The highest BCUT2D eigenvalue weighted by Gasteiger charge is 2.20. The smallest absolute Gasteiger partial charge is 0.151 e. The van der Waals surface area contributed by atoms with Crippen molar-refractivity contribution in [3.63, 3.8) is 0 Å². The molecule has 1 saturated heterocycles. The zero-order valence-corrected chi connectivity index (χ0v) is 16.3. The normalized spacial score (nSPS) is 16.2. The van der Waals surface area contributed by atoms with Crippen LogP contribution >= 0.6 is 0 Å². The summed E-state index contributed by atoms with van der Waals surface area (Å²) < 4.78 is 34.0. The fraction of sp³-hybridized carbons (Fsp3) is 0.550. The minimum atomic E-state index is -0.608. The highest BCUT2D eigenvalue weighted by atomic mass is 19.1. The fourth-order valence-corrected chi connectivity index (χ4v) is 3.65. The molecule has 1 aromatic heterocycles. The van der Waals surface area contributed by atoms with Crippen LogP contribution in [0.5, 0.6) is 0 Å². The third-order valence-corrected chi connectivity index (χ3v) is 5.35. The Morgan fingerprint density at radius 1 is 1.22 bits per heavy atom. The van der Waals surface area contributed by atoms with E-state index in [1.807, 2.05) is 13.8 Å². The van der Waals surface area contributed by atoms with Crippen molar-refractivity contribution in [1.82, 2.24) is 20.0 Å². The fourth-order valence-electron chi connectivity index (χ4n) is 3.65. The Labute approximate surface area is 159 Å². The molecule has 0 radical (unpaired) electrons. The van der Waals surface area contributed by atoms with Crippen LogP contribution in [0.3, 0.4) is 0 Å². The van der Waals surface area contributed by atoms with Gasteiger partial charge >= 0.3 is 0 Å². The SMILES string of the molecule is COCCN1CCC(NCc2c(C)nn(-c3ccc(F)cc3F)c2C)CC1. The van der Waals surface area contributed by atoms with Crippen LogP contribution in [0, 0.1) is 25.5 Å². The van der Waals surface area contributed by atoms with E-state index in [2.05, 4.69) is 15.3 Å². The van der Waals surface area contributed by atoms with Gasteiger partial charge in [-0.25, -0.2) is 13.5 Å². The quantitative estimate of drug-likeness (QED) is 0.804. The Morgan fingerprint density at radius 3 is 2.63 bits per heavy atom. The zero-order chi connectivity index (χ0) is 19.4. The van der Waals surface area contributed by atoms with E-state index in [9.17, 15) is 8.78 Å². The second-order valence-corrected chi connectivity index (χ2v) is 7.15. The number of hydrogen-bond acceptors (Lipinski definition) is 4. The van der Waals surface area contributed by atoms with Gasteiger partial charge in [0.15, 0.2) is 5.82 Å². The second-order valence-electron chi connectivity index (χ2n) is 7.15. The van der Waals surface area contributed by atoms with Crippen molar-refractivity contribution in [1.29, 1.82) is 0 Å². The standard InChI is InChI=1S/C20H28F2N4O/c1-14-18(13-23-17-6-8-25(9-7-17)10-11-27-3)15(2)26(24-14)20-5-4-16(21)12-19(20)22/h4-5,12,17,23H,6-11,13H2,1-3H3. The number of methoxy groups -OCH3 is 1. The van der Waals surface area contributed by atoms with Crippen LogP contribution in [0.1, 0.15) is 29.8 Å². The summed E-state index contributed by atoms with van der Waals surface area (Å²) >= 11 is 0. The van der Waals surface area contributed by atoms with Gasteiger partial charge in [0.1, 0.15) is 11.5 Å². The van der Waals surface area contributed by atoms with Gasteiger partial charge in [0.25, 0.3) is 0 Å². The molecule has 0 aliphatic carbocycles. The minimum absolute atomic E-state index is 0.273. The average Bonchev–Trinajstić information content (AvgIpc) is 2.93. The van der Waals surface area contributed by atoms with E-state index in [0.29, 0.717) is 12.6 Å². The molecule has 27 heavy (non-hydrogen) atoms. The Balaban J connectivity index is 1.62. The third-order valence-electron chi connectivity index (χ3n) is 5.35. The molecule has 148 valence electrons. The molecule has 1 fully saturated rings. The first kappa shape index (κ1) is 19.9. The van der Waals surface area contributed by atoms with E-state index in [0.717, 1.165) is 62.1 Å². The van der Waals surface area contributed by atoms with Crippen LogP contribution in [-0.2, 0) is 11.3 Å². The molecular weight excluding hydrogens is 350 g/mol. The lowest BCUT2D eigenvalue weighted by Crippen LogP contribution is -2.43. The van der Waals surface area contributed by atoms with E-state index >= 15 is 0 Å². The Bertz CT molecular complexity index is 770. The predicted octanol–water partition coefficient (Wildman–Crippen LogP) is 2.97. The number of benzene rings is 1. The van der Waals surface area contributed by atoms with Gasteiger partial charge in [-0.05, 0) is 51.9 Å². The van der Waals surface area contributed by atoms with Crippen molar-refractivity contribution >= 4 is 0 Å². The van der Waals surface area contributed by atoms with Crippen LogP contribution in [0.25, 0.3) is 5.69 Å². The molecule has 2 heterocycles. The summed E-state index contributed by atoms with van der Waals surface area (Å²) in [5.41, 5.74) is 3.08. The predicted molar refractivity (Wildman–Crippen MR) is 101 cm³/mol. The first-order chi connectivity index (χ1) is 13.0. The maximum absolute atomic E-state index is 14.1. The van der Waals surface area contributed by atoms with Crippen LogP contribution < -0.4 is 5.32 Å². The van der Waals surface area contributed by atoms with Gasteiger partial charge in [0.2, 0.25) is 0 Å². The zero-order valence-electron chi connectivity index (χ0n) is 16.3. The molecule has 1 aromatic carbocycles. The first-order valence-corrected chi connectivity index (χ1v) is 9.44. The van der Waals surface area contributed by atoms with E-state index in [4.69, 9.17) is 4.74 Å². The molecule has 7 heteroatoms. The van der Waals surface area contributed by atoms with Gasteiger partial charge in [0, 0.05) is 43.6 Å². The number of rotatable bonds is 7. The maximum atomic E-state index is 14.1. The molecule has 0 amide bonds. The molecule has 5 nitrogen and oxygen atoms in total. The van der Waals surface area contributed by atoms with Crippen molar-refractivity contribution in [3.8, 4) is 5.69 Å². The lowest BCUT2D eigenvalue weighted by atomic mass is 10.0. The number of likely N-dealkylation sites (tertiary alicyclic amines) is 1. The summed E-state index contributed by atoms with van der Waals surface area (Å²) in [6, 6.07) is 4.04. The molecule has 3 rings (SSSR count). The molecule has 0 unspecified atom stereocenters. The monoisotopic (exact) mass is 378 g/mol. The number of ether oxygens (including phenoxy) is 1. The van der Waals surface area contributed by atoms with E-state index in [1.165, 1.54) is 12.1 Å². The van der Waals surface area contributed by atoms with Crippen molar-refractivity contribution in [3.05, 3.63) is 46.8 Å². The molecule has 2 aromatic rings. The molecule has 0 spiro atoms. The number of piperidine rings is 1. The first-order valence-electron chi connectivity index (χ1n) is 9.44. The molecule has 1 N–H and O–H groups in total. The third kappa shape index (κ3) is 4.72. The van der Waals surface area contributed by atoms with Crippen molar-refractivity contribution < 1.29 is 13.5 Å². The molecule has 0 bridgehead atoms. The lowest BCUT2D eigenvalue weighted by molar-refractivity contribution is 0.126. The number of nitrogens with one attached hydrogen (secondary N) is 1. The summed E-state index contributed by atoms with van der Waals surface area (Å²) in [6.07, 6.45) is 2.20. The highest BCUT2D eigenvalue weighted by molar-refractivity contribution is 5.38. The van der Waals surface area contributed by atoms with Gasteiger partial charge in [-0.2, -0.15) is 5.10 Å². The topological polar surface area (TPSA) is 42.3 Å². The van der Waals surface area contributed by atoms with Gasteiger partial charge in [-0.3, -0.25) is 0 Å². The molecule has 1 aliphatic heterocycles. The summed E-state index contributed by atoms with van der Waals surface area (Å²) in [4.78, 5) is 2.42. The van der Waals surface area contributed by atoms with Crippen LogP contribution in [0.4, 0.5) is 8.78 Å². The summed E-state index contributed by atoms with van der Waals surface area (Å²) in [5.74, 6) is -1.19.